The number of rotatable bonds is 9. The Hall–Kier alpha value is -1.22. The monoisotopic (exact) mass is 437 g/mol. The topological polar surface area (TPSA) is 64.1 Å². The lowest BCUT2D eigenvalue weighted by Crippen LogP contribution is -2.38. The molecule has 0 radical (unpaired) electrons. The SMILES string of the molecule is CCNC(=NCc1ccc(OC)c(OC)c1)NCCCOC.I. The van der Waals surface area contributed by atoms with Gasteiger partial charge in [0.2, 0.25) is 0 Å². The first-order chi connectivity index (χ1) is 10.7. The lowest BCUT2D eigenvalue weighted by molar-refractivity contribution is 0.195. The summed E-state index contributed by atoms with van der Waals surface area (Å²) >= 11 is 0. The van der Waals surface area contributed by atoms with Crippen LogP contribution in [0.5, 0.6) is 11.5 Å². The molecule has 0 saturated heterocycles. The van der Waals surface area contributed by atoms with E-state index in [1.54, 1.807) is 21.3 Å². The molecule has 2 N–H and O–H groups in total. The Morgan fingerprint density at radius 3 is 2.43 bits per heavy atom. The molecule has 0 aliphatic rings. The standard InChI is InChI=1S/C16H27N3O3.HI/c1-5-17-16(18-9-6-10-20-2)19-12-13-7-8-14(21-3)15(11-13)22-4;/h7-8,11H,5-6,9-10,12H2,1-4H3,(H2,17,18,19);1H. The summed E-state index contributed by atoms with van der Waals surface area (Å²) in [5, 5.41) is 6.50. The average Bonchev–Trinajstić information content (AvgIpc) is 2.56. The minimum atomic E-state index is 0. The first-order valence-electron chi connectivity index (χ1n) is 7.47. The van der Waals surface area contributed by atoms with Gasteiger partial charge < -0.3 is 24.8 Å². The average molecular weight is 437 g/mol. The predicted octanol–water partition coefficient (Wildman–Crippen LogP) is 2.41. The normalized spacial score (nSPS) is 10.7. The Morgan fingerprint density at radius 1 is 1.09 bits per heavy atom. The van der Waals surface area contributed by atoms with E-state index >= 15 is 0 Å². The zero-order valence-corrected chi connectivity index (χ0v) is 16.7. The van der Waals surface area contributed by atoms with Crippen LogP contribution in [0.1, 0.15) is 18.9 Å². The van der Waals surface area contributed by atoms with Crippen LogP contribution in [-0.4, -0.2) is 47.0 Å². The minimum Gasteiger partial charge on any atom is -0.493 e. The summed E-state index contributed by atoms with van der Waals surface area (Å²) in [7, 11) is 4.96. The van der Waals surface area contributed by atoms with E-state index in [0.717, 1.165) is 43.4 Å². The van der Waals surface area contributed by atoms with Crippen molar-refractivity contribution in [3.05, 3.63) is 23.8 Å². The largest absolute Gasteiger partial charge is 0.493 e. The highest BCUT2D eigenvalue weighted by molar-refractivity contribution is 14.0. The van der Waals surface area contributed by atoms with Gasteiger partial charge in [0.05, 0.1) is 20.8 Å². The van der Waals surface area contributed by atoms with E-state index in [1.165, 1.54) is 0 Å². The van der Waals surface area contributed by atoms with Crippen LogP contribution >= 0.6 is 24.0 Å². The molecule has 0 aromatic heterocycles. The second kappa shape index (κ2) is 13.2. The first-order valence-corrected chi connectivity index (χ1v) is 7.47. The van der Waals surface area contributed by atoms with Gasteiger partial charge in [0.15, 0.2) is 17.5 Å². The van der Waals surface area contributed by atoms with Gasteiger partial charge in [0, 0.05) is 26.8 Å². The number of ether oxygens (including phenoxy) is 3. The number of methoxy groups -OCH3 is 3. The van der Waals surface area contributed by atoms with Crippen LogP contribution in [0.15, 0.2) is 23.2 Å². The highest BCUT2D eigenvalue weighted by atomic mass is 127. The highest BCUT2D eigenvalue weighted by Gasteiger charge is 2.04. The van der Waals surface area contributed by atoms with Gasteiger partial charge in [-0.25, -0.2) is 4.99 Å². The summed E-state index contributed by atoms with van der Waals surface area (Å²) in [6.45, 7) is 5.00. The first kappa shape index (κ1) is 21.8. The van der Waals surface area contributed by atoms with Crippen molar-refractivity contribution in [3.63, 3.8) is 0 Å². The molecule has 0 bridgehead atoms. The molecule has 1 aromatic carbocycles. The Morgan fingerprint density at radius 2 is 1.83 bits per heavy atom. The van der Waals surface area contributed by atoms with Crippen molar-refractivity contribution in [2.45, 2.75) is 19.9 Å². The molecule has 0 fully saturated rings. The molecule has 6 nitrogen and oxygen atoms in total. The van der Waals surface area contributed by atoms with E-state index in [0.29, 0.717) is 12.3 Å². The third kappa shape index (κ3) is 8.26. The van der Waals surface area contributed by atoms with Crippen LogP contribution < -0.4 is 20.1 Å². The van der Waals surface area contributed by atoms with Crippen LogP contribution in [0.3, 0.4) is 0 Å². The molecule has 1 rings (SSSR count). The van der Waals surface area contributed by atoms with Gasteiger partial charge in [-0.05, 0) is 31.0 Å². The molecule has 7 heteroatoms. The molecule has 23 heavy (non-hydrogen) atoms. The number of hydrogen-bond donors (Lipinski definition) is 2. The van der Waals surface area contributed by atoms with Crippen molar-refractivity contribution in [2.24, 2.45) is 4.99 Å². The van der Waals surface area contributed by atoms with E-state index in [-0.39, 0.29) is 24.0 Å². The van der Waals surface area contributed by atoms with Crippen LogP contribution in [-0.2, 0) is 11.3 Å². The van der Waals surface area contributed by atoms with Crippen molar-refractivity contribution in [2.75, 3.05) is 41.0 Å². The van der Waals surface area contributed by atoms with Gasteiger partial charge in [-0.15, -0.1) is 24.0 Å². The summed E-state index contributed by atoms with van der Waals surface area (Å²) < 4.78 is 15.6. The molecule has 0 aliphatic heterocycles. The van der Waals surface area contributed by atoms with Gasteiger partial charge in [0.25, 0.3) is 0 Å². The van der Waals surface area contributed by atoms with E-state index in [9.17, 15) is 0 Å². The number of hydrogen-bond acceptors (Lipinski definition) is 4. The van der Waals surface area contributed by atoms with E-state index in [4.69, 9.17) is 14.2 Å². The molecule has 0 spiro atoms. The number of benzene rings is 1. The fourth-order valence-corrected chi connectivity index (χ4v) is 1.91. The number of nitrogens with one attached hydrogen (secondary N) is 2. The summed E-state index contributed by atoms with van der Waals surface area (Å²) in [5.41, 5.74) is 1.06. The third-order valence-corrected chi connectivity index (χ3v) is 3.03. The van der Waals surface area contributed by atoms with E-state index < -0.39 is 0 Å². The lowest BCUT2D eigenvalue weighted by atomic mass is 10.2. The molecule has 0 heterocycles. The Kier molecular flexibility index (Phi) is 12.5. The Labute approximate surface area is 156 Å². The van der Waals surface area contributed by atoms with Crippen LogP contribution in [0.4, 0.5) is 0 Å². The maximum absolute atomic E-state index is 5.30. The quantitative estimate of drug-likeness (QED) is 0.269. The molecule has 0 aliphatic carbocycles. The molecule has 1 aromatic rings. The molecule has 132 valence electrons. The highest BCUT2D eigenvalue weighted by Crippen LogP contribution is 2.27. The van der Waals surface area contributed by atoms with Gasteiger partial charge in [-0.1, -0.05) is 6.07 Å². The van der Waals surface area contributed by atoms with E-state index in [2.05, 4.69) is 15.6 Å². The fourth-order valence-electron chi connectivity index (χ4n) is 1.91. The Bertz CT molecular complexity index is 470. The number of aliphatic imine (C=N–C) groups is 1. The predicted molar refractivity (Wildman–Crippen MR) is 104 cm³/mol. The van der Waals surface area contributed by atoms with Crippen LogP contribution in [0.2, 0.25) is 0 Å². The summed E-state index contributed by atoms with van der Waals surface area (Å²) in [6.07, 6.45) is 0.942. The Balaban J connectivity index is 0.00000484. The van der Waals surface area contributed by atoms with Gasteiger partial charge >= 0.3 is 0 Å². The van der Waals surface area contributed by atoms with Gasteiger partial charge in [-0.2, -0.15) is 0 Å². The second-order valence-corrected chi connectivity index (χ2v) is 4.66. The van der Waals surface area contributed by atoms with Crippen LogP contribution in [0.25, 0.3) is 0 Å². The van der Waals surface area contributed by atoms with E-state index in [1.807, 2.05) is 25.1 Å². The van der Waals surface area contributed by atoms with Crippen molar-refractivity contribution in [1.29, 1.82) is 0 Å². The maximum Gasteiger partial charge on any atom is 0.191 e. The second-order valence-electron chi connectivity index (χ2n) is 4.66. The molecular formula is C16H28IN3O3. The summed E-state index contributed by atoms with van der Waals surface area (Å²) in [5.74, 6) is 2.24. The van der Waals surface area contributed by atoms with Gasteiger partial charge in [-0.3, -0.25) is 0 Å². The minimum absolute atomic E-state index is 0. The molecule has 0 amide bonds. The number of guanidine groups is 1. The zero-order chi connectivity index (χ0) is 16.2. The van der Waals surface area contributed by atoms with Gasteiger partial charge in [0.1, 0.15) is 0 Å². The molecular weight excluding hydrogens is 409 g/mol. The number of halogens is 1. The molecule has 0 atom stereocenters. The molecule has 0 unspecified atom stereocenters. The molecule has 0 saturated carbocycles. The smallest absolute Gasteiger partial charge is 0.191 e. The maximum atomic E-state index is 5.30. The zero-order valence-electron chi connectivity index (χ0n) is 14.3. The van der Waals surface area contributed by atoms with Crippen LogP contribution in [0, 0.1) is 0 Å². The lowest BCUT2D eigenvalue weighted by Gasteiger charge is -2.12. The number of nitrogens with zero attached hydrogens (tertiary/aromatic N) is 1. The third-order valence-electron chi connectivity index (χ3n) is 3.03. The fraction of sp³-hybridized carbons (Fsp3) is 0.562. The van der Waals surface area contributed by atoms with Crippen molar-refractivity contribution in [1.82, 2.24) is 10.6 Å². The van der Waals surface area contributed by atoms with Crippen molar-refractivity contribution >= 4 is 29.9 Å². The van der Waals surface area contributed by atoms with Crippen molar-refractivity contribution in [3.8, 4) is 11.5 Å². The summed E-state index contributed by atoms with van der Waals surface area (Å²) in [4.78, 5) is 4.57. The summed E-state index contributed by atoms with van der Waals surface area (Å²) in [6, 6.07) is 5.82. The van der Waals surface area contributed by atoms with Crippen molar-refractivity contribution < 1.29 is 14.2 Å².